The Labute approximate surface area is 165 Å². The van der Waals surface area contributed by atoms with Crippen molar-refractivity contribution in [1.82, 2.24) is 0 Å². The van der Waals surface area contributed by atoms with Crippen LogP contribution in [0.5, 0.6) is 5.75 Å². The van der Waals surface area contributed by atoms with Crippen LogP contribution in [0.1, 0.15) is 31.8 Å². The Morgan fingerprint density at radius 2 is 1.79 bits per heavy atom. The molecule has 3 aromatic carbocycles. The Morgan fingerprint density at radius 1 is 1.04 bits per heavy atom. The van der Waals surface area contributed by atoms with Gasteiger partial charge in [-0.05, 0) is 61.5 Å². The zero-order chi connectivity index (χ0) is 19.7. The number of ether oxygens (including phenoxy) is 1. The number of benzene rings is 3. The lowest BCUT2D eigenvalue weighted by atomic mass is 10.1. The molecule has 0 radical (unpaired) electrons. The first-order valence-electron chi connectivity index (χ1n) is 8.63. The molecule has 0 aromatic heterocycles. The maximum atomic E-state index is 13.1. The number of carbonyl (C=O) groups excluding carboxylic acids is 2. The van der Waals surface area contributed by atoms with E-state index in [1.807, 2.05) is 37.3 Å². The van der Waals surface area contributed by atoms with E-state index in [9.17, 15) is 14.0 Å². The maximum absolute atomic E-state index is 13.1. The second-order valence-corrected chi connectivity index (χ2v) is 7.46. The van der Waals surface area contributed by atoms with Gasteiger partial charge in [0.15, 0.2) is 0 Å². The molecule has 0 amide bonds. The molecule has 0 unspecified atom stereocenters. The smallest absolute Gasteiger partial charge is 0.343 e. The van der Waals surface area contributed by atoms with Crippen LogP contribution in [-0.2, 0) is 0 Å². The minimum atomic E-state index is -0.586. The standard InChI is InChI=1S/C23H15FO3S/c1-14-6-11-19(27-23(26)15-7-9-17(24)10-8-15)16(12-14)13-21-22(25)18-4-2-3-5-20(18)28-21/h2-13H,1H3. The molecule has 0 N–H and O–H groups in total. The first-order valence-corrected chi connectivity index (χ1v) is 9.44. The van der Waals surface area contributed by atoms with Gasteiger partial charge in [-0.2, -0.15) is 0 Å². The van der Waals surface area contributed by atoms with Crippen LogP contribution in [0.25, 0.3) is 6.08 Å². The second kappa shape index (κ2) is 7.44. The van der Waals surface area contributed by atoms with Gasteiger partial charge in [-0.3, -0.25) is 4.79 Å². The first kappa shape index (κ1) is 18.2. The number of Topliss-reactive ketones (excluding diaryl/α,β-unsaturated/α-hetero) is 1. The molecule has 0 atom stereocenters. The van der Waals surface area contributed by atoms with Gasteiger partial charge < -0.3 is 4.74 Å². The zero-order valence-corrected chi connectivity index (χ0v) is 15.8. The lowest BCUT2D eigenvalue weighted by Crippen LogP contribution is -2.09. The number of esters is 1. The summed E-state index contributed by atoms with van der Waals surface area (Å²) in [6, 6.07) is 18.0. The number of hydrogen-bond acceptors (Lipinski definition) is 4. The summed E-state index contributed by atoms with van der Waals surface area (Å²) < 4.78 is 18.6. The highest BCUT2D eigenvalue weighted by Gasteiger charge is 2.25. The molecule has 1 heterocycles. The van der Waals surface area contributed by atoms with Crippen LogP contribution in [-0.4, -0.2) is 11.8 Å². The Kier molecular flexibility index (Phi) is 4.84. The van der Waals surface area contributed by atoms with Gasteiger partial charge >= 0.3 is 5.97 Å². The van der Waals surface area contributed by atoms with Crippen LogP contribution in [0.2, 0.25) is 0 Å². The number of rotatable bonds is 3. The highest BCUT2D eigenvalue weighted by molar-refractivity contribution is 8.04. The topological polar surface area (TPSA) is 43.4 Å². The summed E-state index contributed by atoms with van der Waals surface area (Å²) >= 11 is 1.40. The van der Waals surface area contributed by atoms with Crippen LogP contribution in [0.4, 0.5) is 4.39 Å². The van der Waals surface area contributed by atoms with Gasteiger partial charge in [0.05, 0.1) is 10.5 Å². The third kappa shape index (κ3) is 3.62. The Balaban J connectivity index is 1.65. The fourth-order valence-electron chi connectivity index (χ4n) is 2.90. The van der Waals surface area contributed by atoms with E-state index >= 15 is 0 Å². The van der Waals surface area contributed by atoms with Gasteiger partial charge in [-0.1, -0.05) is 35.5 Å². The molecule has 1 aliphatic rings. The molecule has 0 bridgehead atoms. The number of halogens is 1. The van der Waals surface area contributed by atoms with Gasteiger partial charge in [0, 0.05) is 16.0 Å². The summed E-state index contributed by atoms with van der Waals surface area (Å²) in [7, 11) is 0. The number of carbonyl (C=O) groups is 2. The Bertz CT molecular complexity index is 1120. The van der Waals surface area contributed by atoms with E-state index in [1.165, 1.54) is 36.0 Å². The number of thioether (sulfide) groups is 1. The highest BCUT2D eigenvalue weighted by atomic mass is 32.2. The van der Waals surface area contributed by atoms with Crippen LogP contribution < -0.4 is 4.74 Å². The fraction of sp³-hybridized carbons (Fsp3) is 0.0435. The van der Waals surface area contributed by atoms with E-state index in [0.29, 0.717) is 21.8 Å². The predicted molar refractivity (Wildman–Crippen MR) is 107 cm³/mol. The average Bonchev–Trinajstić information content (AvgIpc) is 3.00. The molecule has 0 aliphatic carbocycles. The van der Waals surface area contributed by atoms with Gasteiger partial charge in [0.1, 0.15) is 11.6 Å². The van der Waals surface area contributed by atoms with Crippen LogP contribution >= 0.6 is 11.8 Å². The SMILES string of the molecule is Cc1ccc(OC(=O)c2ccc(F)cc2)c(C=C2Sc3ccccc3C2=O)c1. The lowest BCUT2D eigenvalue weighted by molar-refractivity contribution is 0.0734. The predicted octanol–water partition coefficient (Wildman–Crippen LogP) is 5.68. The second-order valence-electron chi connectivity index (χ2n) is 6.37. The molecule has 0 spiro atoms. The van der Waals surface area contributed by atoms with Gasteiger partial charge in [-0.25, -0.2) is 9.18 Å². The van der Waals surface area contributed by atoms with Crippen LogP contribution in [0, 0.1) is 12.7 Å². The molecule has 138 valence electrons. The molecular formula is C23H15FO3S. The average molecular weight is 390 g/mol. The Morgan fingerprint density at radius 3 is 2.54 bits per heavy atom. The monoisotopic (exact) mass is 390 g/mol. The molecule has 0 saturated heterocycles. The molecule has 0 fully saturated rings. The van der Waals surface area contributed by atoms with E-state index < -0.39 is 11.8 Å². The van der Waals surface area contributed by atoms with E-state index in [-0.39, 0.29) is 11.3 Å². The molecule has 28 heavy (non-hydrogen) atoms. The van der Waals surface area contributed by atoms with Gasteiger partial charge in [-0.15, -0.1) is 0 Å². The van der Waals surface area contributed by atoms with Crippen molar-refractivity contribution in [2.24, 2.45) is 0 Å². The van der Waals surface area contributed by atoms with Gasteiger partial charge in [0.25, 0.3) is 0 Å². The van der Waals surface area contributed by atoms with Gasteiger partial charge in [0.2, 0.25) is 5.78 Å². The number of fused-ring (bicyclic) bond motifs is 1. The summed E-state index contributed by atoms with van der Waals surface area (Å²) in [6.07, 6.45) is 1.74. The van der Waals surface area contributed by atoms with Crippen molar-refractivity contribution in [2.75, 3.05) is 0 Å². The van der Waals surface area contributed by atoms with E-state index in [0.717, 1.165) is 10.5 Å². The lowest BCUT2D eigenvalue weighted by Gasteiger charge is -2.09. The summed E-state index contributed by atoms with van der Waals surface area (Å²) in [5.74, 6) is -0.708. The number of hydrogen-bond donors (Lipinski definition) is 0. The van der Waals surface area contributed by atoms with E-state index in [2.05, 4.69) is 0 Å². The molecule has 3 nitrogen and oxygen atoms in total. The number of ketones is 1. The van der Waals surface area contributed by atoms with Crippen LogP contribution in [0.15, 0.2) is 76.5 Å². The van der Waals surface area contributed by atoms with E-state index in [4.69, 9.17) is 4.74 Å². The van der Waals surface area contributed by atoms with Crippen molar-refractivity contribution in [3.8, 4) is 5.75 Å². The zero-order valence-electron chi connectivity index (χ0n) is 14.9. The summed E-state index contributed by atoms with van der Waals surface area (Å²) in [5.41, 5.74) is 2.54. The fourth-order valence-corrected chi connectivity index (χ4v) is 3.94. The normalized spacial score (nSPS) is 14.2. The number of aryl methyl sites for hydroxylation is 1. The largest absolute Gasteiger partial charge is 0.422 e. The van der Waals surface area contributed by atoms with Crippen molar-refractivity contribution in [1.29, 1.82) is 0 Å². The molecule has 0 saturated carbocycles. The Hall–Kier alpha value is -3.18. The molecule has 5 heteroatoms. The summed E-state index contributed by atoms with van der Waals surface area (Å²) in [4.78, 5) is 26.5. The summed E-state index contributed by atoms with van der Waals surface area (Å²) in [5, 5.41) is 0. The molecule has 3 aromatic rings. The van der Waals surface area contributed by atoms with Crippen molar-refractivity contribution in [2.45, 2.75) is 11.8 Å². The van der Waals surface area contributed by atoms with Crippen molar-refractivity contribution in [3.63, 3.8) is 0 Å². The van der Waals surface area contributed by atoms with Crippen molar-refractivity contribution < 1.29 is 18.7 Å². The minimum absolute atomic E-state index is 0.0436. The molecule has 1 aliphatic heterocycles. The van der Waals surface area contributed by atoms with Crippen molar-refractivity contribution >= 4 is 29.6 Å². The minimum Gasteiger partial charge on any atom is -0.422 e. The number of allylic oxidation sites excluding steroid dienone is 1. The third-order valence-corrected chi connectivity index (χ3v) is 5.41. The first-order chi connectivity index (χ1) is 13.5. The quantitative estimate of drug-likeness (QED) is 0.328. The summed E-state index contributed by atoms with van der Waals surface area (Å²) in [6.45, 7) is 1.92. The molecule has 4 rings (SSSR count). The molecular weight excluding hydrogens is 375 g/mol. The maximum Gasteiger partial charge on any atom is 0.343 e. The third-order valence-electron chi connectivity index (χ3n) is 4.31. The highest BCUT2D eigenvalue weighted by Crippen LogP contribution is 2.41. The van der Waals surface area contributed by atoms with Crippen LogP contribution in [0.3, 0.4) is 0 Å². The van der Waals surface area contributed by atoms with E-state index in [1.54, 1.807) is 18.2 Å². The van der Waals surface area contributed by atoms with Crippen molar-refractivity contribution in [3.05, 3.63) is 99.7 Å².